The van der Waals surface area contributed by atoms with Gasteiger partial charge in [-0.15, -0.1) is 0 Å². The van der Waals surface area contributed by atoms with E-state index in [1.54, 1.807) is 18.2 Å². The van der Waals surface area contributed by atoms with Gasteiger partial charge in [0.05, 0.1) is 13.2 Å². The highest BCUT2D eigenvalue weighted by Gasteiger charge is 2.15. The van der Waals surface area contributed by atoms with Crippen molar-refractivity contribution < 1.29 is 14.1 Å². The second-order valence-corrected chi connectivity index (χ2v) is 6.62. The van der Waals surface area contributed by atoms with Gasteiger partial charge in [-0.3, -0.25) is 4.79 Å². The van der Waals surface area contributed by atoms with Crippen LogP contribution in [0.3, 0.4) is 0 Å². The van der Waals surface area contributed by atoms with Crippen LogP contribution < -0.4 is 10.2 Å². The number of aromatic nitrogens is 1. The number of anilines is 2. The molecule has 1 fully saturated rings. The number of morpholine rings is 1. The zero-order chi connectivity index (χ0) is 18.6. The molecule has 1 N–H and O–H groups in total. The van der Waals surface area contributed by atoms with Crippen LogP contribution in [0.1, 0.15) is 10.5 Å². The average Bonchev–Trinajstić information content (AvgIpc) is 3.20. The smallest absolute Gasteiger partial charge is 0.277 e. The molecule has 1 aromatic heterocycles. The van der Waals surface area contributed by atoms with Gasteiger partial charge in [-0.25, -0.2) is 0 Å². The maximum atomic E-state index is 12.4. The summed E-state index contributed by atoms with van der Waals surface area (Å²) in [6, 6.07) is 16.5. The Labute approximate surface area is 161 Å². The molecule has 2 heterocycles. The summed E-state index contributed by atoms with van der Waals surface area (Å²) < 4.78 is 10.6. The lowest BCUT2D eigenvalue weighted by atomic mass is 10.1. The third kappa shape index (κ3) is 4.13. The van der Waals surface area contributed by atoms with Crippen molar-refractivity contribution in [3.05, 3.63) is 65.3 Å². The van der Waals surface area contributed by atoms with Crippen molar-refractivity contribution in [3.8, 4) is 11.3 Å². The van der Waals surface area contributed by atoms with Crippen molar-refractivity contribution >= 4 is 28.9 Å². The number of benzene rings is 2. The van der Waals surface area contributed by atoms with Crippen LogP contribution in [0.4, 0.5) is 11.4 Å². The number of carbonyl (C=O) groups excluding carboxylic acids is 1. The SMILES string of the molecule is O=C(Nc1ccc(N2CCOCC2)cc1)c1cc(-c2cccc(Cl)c2)on1. The van der Waals surface area contributed by atoms with Crippen LogP contribution in [0.2, 0.25) is 5.02 Å². The van der Waals surface area contributed by atoms with Gasteiger partial charge in [-0.1, -0.05) is 28.9 Å². The number of hydrogen-bond acceptors (Lipinski definition) is 5. The molecule has 0 radical (unpaired) electrons. The monoisotopic (exact) mass is 383 g/mol. The minimum Gasteiger partial charge on any atom is -0.378 e. The van der Waals surface area contributed by atoms with Gasteiger partial charge in [0.2, 0.25) is 0 Å². The maximum Gasteiger partial charge on any atom is 0.277 e. The fourth-order valence-corrected chi connectivity index (χ4v) is 3.12. The van der Waals surface area contributed by atoms with E-state index in [0.717, 1.165) is 37.6 Å². The third-order valence-corrected chi connectivity index (χ3v) is 4.59. The topological polar surface area (TPSA) is 67.6 Å². The Balaban J connectivity index is 1.43. The molecule has 7 heteroatoms. The molecule has 0 bridgehead atoms. The minimum atomic E-state index is -0.328. The van der Waals surface area contributed by atoms with E-state index in [2.05, 4.69) is 15.4 Å². The first kappa shape index (κ1) is 17.6. The number of amides is 1. The zero-order valence-electron chi connectivity index (χ0n) is 14.5. The number of rotatable bonds is 4. The molecule has 27 heavy (non-hydrogen) atoms. The number of nitrogens with zero attached hydrogens (tertiary/aromatic N) is 2. The molecule has 2 aromatic carbocycles. The van der Waals surface area contributed by atoms with Gasteiger partial charge in [-0.2, -0.15) is 0 Å². The van der Waals surface area contributed by atoms with Gasteiger partial charge in [0.1, 0.15) is 0 Å². The average molecular weight is 384 g/mol. The highest BCUT2D eigenvalue weighted by molar-refractivity contribution is 6.30. The van der Waals surface area contributed by atoms with Crippen molar-refractivity contribution in [1.29, 1.82) is 0 Å². The predicted octanol–water partition coefficient (Wildman–Crippen LogP) is 4.08. The fourth-order valence-electron chi connectivity index (χ4n) is 2.93. The predicted molar refractivity (Wildman–Crippen MR) is 104 cm³/mol. The highest BCUT2D eigenvalue weighted by atomic mass is 35.5. The molecule has 1 amide bonds. The molecule has 1 aliphatic rings. The van der Waals surface area contributed by atoms with Crippen LogP contribution >= 0.6 is 11.6 Å². The number of ether oxygens (including phenoxy) is 1. The fraction of sp³-hybridized carbons (Fsp3) is 0.200. The van der Waals surface area contributed by atoms with Crippen molar-refractivity contribution in [3.63, 3.8) is 0 Å². The zero-order valence-corrected chi connectivity index (χ0v) is 15.3. The molecule has 0 aliphatic carbocycles. The Bertz CT molecular complexity index is 934. The second-order valence-electron chi connectivity index (χ2n) is 6.19. The largest absolute Gasteiger partial charge is 0.378 e. The lowest BCUT2D eigenvalue weighted by Gasteiger charge is -2.28. The molecule has 0 saturated carbocycles. The van der Waals surface area contributed by atoms with Crippen LogP contribution in [-0.4, -0.2) is 37.4 Å². The summed E-state index contributed by atoms with van der Waals surface area (Å²) in [5.41, 5.74) is 2.79. The second kappa shape index (κ2) is 7.82. The van der Waals surface area contributed by atoms with Crippen molar-refractivity contribution in [2.75, 3.05) is 36.5 Å². The number of halogens is 1. The Morgan fingerprint density at radius 1 is 1.07 bits per heavy atom. The summed E-state index contributed by atoms with van der Waals surface area (Å²) in [5.74, 6) is 0.163. The Morgan fingerprint density at radius 3 is 2.59 bits per heavy atom. The van der Waals surface area contributed by atoms with E-state index >= 15 is 0 Å². The van der Waals surface area contributed by atoms with Gasteiger partial charge in [0.15, 0.2) is 11.5 Å². The number of nitrogens with one attached hydrogen (secondary N) is 1. The first-order valence-electron chi connectivity index (χ1n) is 8.66. The summed E-state index contributed by atoms with van der Waals surface area (Å²) in [6.45, 7) is 3.22. The Morgan fingerprint density at radius 2 is 1.85 bits per heavy atom. The molecule has 0 unspecified atom stereocenters. The van der Waals surface area contributed by atoms with Crippen molar-refractivity contribution in [1.82, 2.24) is 5.16 Å². The van der Waals surface area contributed by atoms with E-state index in [-0.39, 0.29) is 11.6 Å². The van der Waals surface area contributed by atoms with Crippen LogP contribution in [0, 0.1) is 0 Å². The van der Waals surface area contributed by atoms with Gasteiger partial charge >= 0.3 is 0 Å². The van der Waals surface area contributed by atoms with Crippen molar-refractivity contribution in [2.24, 2.45) is 0 Å². The van der Waals surface area contributed by atoms with Gasteiger partial charge in [0, 0.05) is 41.1 Å². The molecule has 4 rings (SSSR count). The van der Waals surface area contributed by atoms with E-state index in [9.17, 15) is 4.79 Å². The Kier molecular flexibility index (Phi) is 5.09. The van der Waals surface area contributed by atoms with E-state index in [1.807, 2.05) is 36.4 Å². The summed E-state index contributed by atoms with van der Waals surface area (Å²) >= 11 is 5.99. The first-order chi connectivity index (χ1) is 13.2. The summed E-state index contributed by atoms with van der Waals surface area (Å²) in [4.78, 5) is 14.7. The molecule has 6 nitrogen and oxygen atoms in total. The van der Waals surface area contributed by atoms with Gasteiger partial charge < -0.3 is 19.5 Å². The van der Waals surface area contributed by atoms with Crippen LogP contribution in [0.15, 0.2) is 59.1 Å². The normalized spacial score (nSPS) is 14.2. The molecule has 1 saturated heterocycles. The maximum absolute atomic E-state index is 12.4. The highest BCUT2D eigenvalue weighted by Crippen LogP contribution is 2.24. The molecule has 0 atom stereocenters. The van der Waals surface area contributed by atoms with Gasteiger partial charge in [-0.05, 0) is 36.4 Å². The van der Waals surface area contributed by atoms with Crippen LogP contribution in [-0.2, 0) is 4.74 Å². The number of hydrogen-bond donors (Lipinski definition) is 1. The first-order valence-corrected chi connectivity index (χ1v) is 9.03. The van der Waals surface area contributed by atoms with Crippen LogP contribution in [0.25, 0.3) is 11.3 Å². The summed E-state index contributed by atoms with van der Waals surface area (Å²) in [6.07, 6.45) is 0. The van der Waals surface area contributed by atoms with Crippen LogP contribution in [0.5, 0.6) is 0 Å². The third-order valence-electron chi connectivity index (χ3n) is 4.35. The molecular formula is C20H18ClN3O3. The van der Waals surface area contributed by atoms with E-state index in [1.165, 1.54) is 0 Å². The molecule has 1 aliphatic heterocycles. The lowest BCUT2D eigenvalue weighted by Crippen LogP contribution is -2.36. The molecule has 0 spiro atoms. The molecule has 138 valence electrons. The Hall–Kier alpha value is -2.83. The van der Waals surface area contributed by atoms with E-state index in [0.29, 0.717) is 16.5 Å². The summed E-state index contributed by atoms with van der Waals surface area (Å²) in [7, 11) is 0. The van der Waals surface area contributed by atoms with Crippen molar-refractivity contribution in [2.45, 2.75) is 0 Å². The number of carbonyl (C=O) groups is 1. The molecular weight excluding hydrogens is 366 g/mol. The lowest BCUT2D eigenvalue weighted by molar-refractivity contribution is 0.101. The molecule has 3 aromatic rings. The van der Waals surface area contributed by atoms with Gasteiger partial charge in [0.25, 0.3) is 5.91 Å². The minimum absolute atomic E-state index is 0.210. The van der Waals surface area contributed by atoms with E-state index in [4.69, 9.17) is 20.9 Å². The van der Waals surface area contributed by atoms with E-state index < -0.39 is 0 Å². The standard InChI is InChI=1S/C20H18ClN3O3/c21-15-3-1-2-14(12-15)19-13-18(23-27-19)20(25)22-16-4-6-17(7-5-16)24-8-10-26-11-9-24/h1-7,12-13H,8-11H2,(H,22,25). The quantitative estimate of drug-likeness (QED) is 0.735. The summed E-state index contributed by atoms with van der Waals surface area (Å²) in [5, 5.41) is 7.28.